The number of phenolic OH excluding ortho intramolecular Hbond substituents is 1. The van der Waals surface area contributed by atoms with Crippen molar-refractivity contribution < 1.29 is 23.9 Å². The van der Waals surface area contributed by atoms with Gasteiger partial charge in [0.2, 0.25) is 0 Å². The number of aromatic carboxylic acids is 1. The minimum Gasteiger partial charge on any atom is -0.506 e. The molecule has 0 radical (unpaired) electrons. The van der Waals surface area contributed by atoms with Gasteiger partial charge in [0.15, 0.2) is 11.5 Å². The summed E-state index contributed by atoms with van der Waals surface area (Å²) in [6.07, 6.45) is 0. The van der Waals surface area contributed by atoms with Crippen LogP contribution in [0.4, 0.5) is 4.39 Å². The van der Waals surface area contributed by atoms with Gasteiger partial charge >= 0.3 is 5.97 Å². The van der Waals surface area contributed by atoms with Crippen LogP contribution in [0, 0.1) is 5.82 Å². The summed E-state index contributed by atoms with van der Waals surface area (Å²) in [6, 6.07) is 3.47. The lowest BCUT2D eigenvalue weighted by Crippen LogP contribution is -1.94. The maximum atomic E-state index is 13.5. The smallest absolute Gasteiger partial charge is 0.358 e. The van der Waals surface area contributed by atoms with Gasteiger partial charge in [-0.1, -0.05) is 5.16 Å². The molecule has 0 atom stereocenters. The second kappa shape index (κ2) is 4.17. The summed E-state index contributed by atoms with van der Waals surface area (Å²) < 4.78 is 18.5. The van der Waals surface area contributed by atoms with Gasteiger partial charge in [-0.3, -0.25) is 0 Å². The van der Waals surface area contributed by atoms with Crippen LogP contribution in [0.1, 0.15) is 10.5 Å². The molecule has 7 heteroatoms. The summed E-state index contributed by atoms with van der Waals surface area (Å²) in [6.45, 7) is 0. The summed E-state index contributed by atoms with van der Waals surface area (Å²) in [5.41, 5.74) is -0.599. The molecule has 0 spiro atoms. The molecule has 1 aromatic heterocycles. The monoisotopic (exact) mass is 301 g/mol. The van der Waals surface area contributed by atoms with Crippen molar-refractivity contribution in [1.82, 2.24) is 5.16 Å². The molecule has 0 aliphatic rings. The van der Waals surface area contributed by atoms with Crippen LogP contribution in [0.25, 0.3) is 11.3 Å². The van der Waals surface area contributed by atoms with Crippen molar-refractivity contribution in [3.8, 4) is 17.1 Å². The average molecular weight is 302 g/mol. The zero-order valence-electron chi connectivity index (χ0n) is 8.15. The normalized spacial score (nSPS) is 10.5. The third-order valence-corrected chi connectivity index (χ3v) is 2.69. The van der Waals surface area contributed by atoms with Gasteiger partial charge in [0.25, 0.3) is 0 Å². The lowest BCUT2D eigenvalue weighted by atomic mass is 10.1. The molecule has 0 bridgehead atoms. The Bertz CT molecular complexity index is 596. The van der Waals surface area contributed by atoms with Gasteiger partial charge in [-0.15, -0.1) is 0 Å². The maximum absolute atomic E-state index is 13.5. The fourth-order valence-electron chi connectivity index (χ4n) is 1.27. The Balaban J connectivity index is 2.60. The lowest BCUT2D eigenvalue weighted by Gasteiger charge is -2.03. The molecule has 2 aromatic rings. The Morgan fingerprint density at radius 2 is 2.18 bits per heavy atom. The Morgan fingerprint density at radius 3 is 2.76 bits per heavy atom. The molecule has 0 aliphatic carbocycles. The molecule has 0 saturated carbocycles. The Labute approximate surface area is 103 Å². The maximum Gasteiger partial charge on any atom is 0.358 e. The quantitative estimate of drug-likeness (QED) is 0.891. The van der Waals surface area contributed by atoms with Gasteiger partial charge < -0.3 is 14.7 Å². The number of carboxylic acids is 1. The fraction of sp³-hybridized carbons (Fsp3) is 0. The molecule has 17 heavy (non-hydrogen) atoms. The Morgan fingerprint density at radius 1 is 1.47 bits per heavy atom. The number of carbonyl (C=O) groups is 1. The van der Waals surface area contributed by atoms with E-state index in [1.54, 1.807) is 0 Å². The molecule has 0 unspecified atom stereocenters. The SMILES string of the molecule is O=C(O)c1cc(-c2c(F)ccc(Br)c2O)on1. The van der Waals surface area contributed by atoms with Crippen molar-refractivity contribution in [3.05, 3.63) is 34.2 Å². The zero-order valence-corrected chi connectivity index (χ0v) is 9.73. The first-order valence-electron chi connectivity index (χ1n) is 4.38. The van der Waals surface area contributed by atoms with Gasteiger partial charge in [0.05, 0.1) is 10.0 Å². The van der Waals surface area contributed by atoms with E-state index in [1.165, 1.54) is 6.07 Å². The number of nitrogens with zero attached hydrogens (tertiary/aromatic N) is 1. The van der Waals surface area contributed by atoms with Gasteiger partial charge in [-0.05, 0) is 28.1 Å². The highest BCUT2D eigenvalue weighted by Gasteiger charge is 2.20. The summed E-state index contributed by atoms with van der Waals surface area (Å²) in [4.78, 5) is 10.6. The predicted molar refractivity (Wildman–Crippen MR) is 58.2 cm³/mol. The van der Waals surface area contributed by atoms with Crippen molar-refractivity contribution in [3.63, 3.8) is 0 Å². The van der Waals surface area contributed by atoms with E-state index in [-0.39, 0.29) is 27.2 Å². The lowest BCUT2D eigenvalue weighted by molar-refractivity contribution is 0.0686. The van der Waals surface area contributed by atoms with Crippen molar-refractivity contribution in [2.75, 3.05) is 0 Å². The average Bonchev–Trinajstić information content (AvgIpc) is 2.73. The van der Waals surface area contributed by atoms with Crippen LogP contribution in [0.5, 0.6) is 5.75 Å². The van der Waals surface area contributed by atoms with Crippen molar-refractivity contribution >= 4 is 21.9 Å². The molecule has 88 valence electrons. The minimum atomic E-state index is -1.30. The number of carboxylic acid groups (broad SMARTS) is 1. The van der Waals surface area contributed by atoms with E-state index >= 15 is 0 Å². The standard InChI is InChI=1S/C10H5BrFNO4/c11-4-1-2-5(12)8(9(4)14)7-3-6(10(15)16)13-17-7/h1-3,14H,(H,15,16). The van der Waals surface area contributed by atoms with E-state index in [0.717, 1.165) is 12.1 Å². The van der Waals surface area contributed by atoms with Gasteiger partial charge in [-0.25, -0.2) is 9.18 Å². The van der Waals surface area contributed by atoms with Crippen LogP contribution in [0.15, 0.2) is 27.2 Å². The Kier molecular flexibility index (Phi) is 2.84. The summed E-state index contributed by atoms with van der Waals surface area (Å²) in [5.74, 6) is -2.56. The van der Waals surface area contributed by atoms with Crippen molar-refractivity contribution in [2.45, 2.75) is 0 Å². The number of rotatable bonds is 2. The van der Waals surface area contributed by atoms with Crippen molar-refractivity contribution in [1.29, 1.82) is 0 Å². The molecule has 0 saturated heterocycles. The van der Waals surface area contributed by atoms with Crippen molar-refractivity contribution in [2.24, 2.45) is 0 Å². The second-order valence-electron chi connectivity index (χ2n) is 3.13. The zero-order chi connectivity index (χ0) is 12.6. The molecule has 1 heterocycles. The first-order chi connectivity index (χ1) is 8.00. The number of phenols is 1. The van der Waals surface area contributed by atoms with Gasteiger partial charge in [0.1, 0.15) is 11.6 Å². The molecule has 2 N–H and O–H groups in total. The Hall–Kier alpha value is -1.89. The highest BCUT2D eigenvalue weighted by Crippen LogP contribution is 2.37. The molecule has 0 fully saturated rings. The largest absolute Gasteiger partial charge is 0.506 e. The number of hydrogen-bond donors (Lipinski definition) is 2. The highest BCUT2D eigenvalue weighted by molar-refractivity contribution is 9.10. The molecular weight excluding hydrogens is 297 g/mol. The van der Waals surface area contributed by atoms with Crippen LogP contribution >= 0.6 is 15.9 Å². The molecule has 2 rings (SSSR count). The van der Waals surface area contributed by atoms with E-state index in [4.69, 9.17) is 5.11 Å². The van der Waals surface area contributed by atoms with E-state index in [0.29, 0.717) is 0 Å². The number of halogens is 2. The minimum absolute atomic E-state index is 0.154. The number of hydrogen-bond acceptors (Lipinski definition) is 4. The highest BCUT2D eigenvalue weighted by atomic mass is 79.9. The summed E-state index contributed by atoms with van der Waals surface area (Å²) in [5, 5.41) is 21.5. The van der Waals surface area contributed by atoms with E-state index in [1.807, 2.05) is 0 Å². The molecular formula is C10H5BrFNO4. The number of benzene rings is 1. The van der Waals surface area contributed by atoms with Crippen LogP contribution in [-0.2, 0) is 0 Å². The van der Waals surface area contributed by atoms with E-state index in [2.05, 4.69) is 25.6 Å². The third-order valence-electron chi connectivity index (χ3n) is 2.05. The van der Waals surface area contributed by atoms with Crippen LogP contribution in [-0.4, -0.2) is 21.3 Å². The first kappa shape index (κ1) is 11.6. The number of aromatic hydroxyl groups is 1. The molecule has 0 aliphatic heterocycles. The van der Waals surface area contributed by atoms with Gasteiger partial charge in [-0.2, -0.15) is 0 Å². The van der Waals surface area contributed by atoms with E-state index in [9.17, 15) is 14.3 Å². The van der Waals surface area contributed by atoms with E-state index < -0.39 is 11.8 Å². The summed E-state index contributed by atoms with van der Waals surface area (Å²) in [7, 11) is 0. The van der Waals surface area contributed by atoms with Crippen LogP contribution in [0.2, 0.25) is 0 Å². The molecule has 1 aromatic carbocycles. The number of aromatic nitrogens is 1. The predicted octanol–water partition coefficient (Wildman–Crippen LogP) is 2.65. The fourth-order valence-corrected chi connectivity index (χ4v) is 1.60. The van der Waals surface area contributed by atoms with Crippen LogP contribution in [0.3, 0.4) is 0 Å². The second-order valence-corrected chi connectivity index (χ2v) is 3.99. The topological polar surface area (TPSA) is 83.6 Å². The molecule has 5 nitrogen and oxygen atoms in total. The third kappa shape index (κ3) is 2.01. The summed E-state index contributed by atoms with van der Waals surface area (Å²) >= 11 is 3.02. The molecule has 0 amide bonds. The van der Waals surface area contributed by atoms with Crippen LogP contribution < -0.4 is 0 Å². The van der Waals surface area contributed by atoms with Gasteiger partial charge in [0, 0.05) is 6.07 Å². The first-order valence-corrected chi connectivity index (χ1v) is 5.17.